The minimum absolute atomic E-state index is 0.126. The van der Waals surface area contributed by atoms with Gasteiger partial charge in [-0.2, -0.15) is 0 Å². The molecule has 4 nitrogen and oxygen atoms in total. The molecule has 1 aromatic heterocycles. The van der Waals surface area contributed by atoms with Crippen molar-refractivity contribution in [3.8, 4) is 5.75 Å². The van der Waals surface area contributed by atoms with Crippen LogP contribution in [0.25, 0.3) is 10.2 Å². The average molecular weight is 365 g/mol. The van der Waals surface area contributed by atoms with Crippen molar-refractivity contribution in [2.24, 2.45) is 0 Å². The van der Waals surface area contributed by atoms with E-state index in [-0.39, 0.29) is 5.91 Å². The Labute approximate surface area is 151 Å². The number of hydrogen-bond acceptors (Lipinski definition) is 5. The first-order valence-electron chi connectivity index (χ1n) is 8.70. The molecule has 0 atom stereocenters. The molecule has 1 fully saturated rings. The molecular formula is C18H24N2O2S2. The summed E-state index contributed by atoms with van der Waals surface area (Å²) in [5.74, 6) is 1.44. The van der Waals surface area contributed by atoms with Crippen LogP contribution in [0.3, 0.4) is 0 Å². The lowest BCUT2D eigenvalue weighted by Gasteiger charge is -2.15. The van der Waals surface area contributed by atoms with Crippen LogP contribution < -0.4 is 10.1 Å². The SMILES string of the molecule is CCOc1ccc2nc(SCC(=O)NC3CCCCCC3)sc2c1. The van der Waals surface area contributed by atoms with Gasteiger partial charge < -0.3 is 10.1 Å². The number of benzene rings is 1. The first kappa shape index (κ1) is 17.5. The van der Waals surface area contributed by atoms with Gasteiger partial charge in [0.15, 0.2) is 4.34 Å². The number of carbonyl (C=O) groups is 1. The number of fused-ring (bicyclic) bond motifs is 1. The molecule has 1 N–H and O–H groups in total. The van der Waals surface area contributed by atoms with Crippen molar-refractivity contribution in [3.05, 3.63) is 18.2 Å². The fourth-order valence-corrected chi connectivity index (χ4v) is 4.93. The van der Waals surface area contributed by atoms with Crippen LogP contribution >= 0.6 is 23.1 Å². The molecule has 0 spiro atoms. The van der Waals surface area contributed by atoms with Gasteiger partial charge in [-0.15, -0.1) is 11.3 Å². The molecule has 0 saturated heterocycles. The summed E-state index contributed by atoms with van der Waals surface area (Å²) in [4.78, 5) is 16.8. The number of nitrogens with zero attached hydrogens (tertiary/aromatic N) is 1. The zero-order chi connectivity index (χ0) is 16.8. The predicted molar refractivity (Wildman–Crippen MR) is 101 cm³/mol. The Hall–Kier alpha value is -1.27. The number of amides is 1. The predicted octanol–water partition coefficient (Wildman–Crippen LogP) is 4.63. The number of thiazole rings is 1. The van der Waals surface area contributed by atoms with Crippen LogP contribution in [0.15, 0.2) is 22.5 Å². The van der Waals surface area contributed by atoms with Gasteiger partial charge in [-0.25, -0.2) is 4.98 Å². The van der Waals surface area contributed by atoms with E-state index in [1.165, 1.54) is 37.4 Å². The second-order valence-corrected chi connectivity index (χ2v) is 8.34. The van der Waals surface area contributed by atoms with E-state index in [1.807, 2.05) is 25.1 Å². The fourth-order valence-electron chi connectivity index (χ4n) is 3.02. The second-order valence-electron chi connectivity index (χ2n) is 6.09. The van der Waals surface area contributed by atoms with E-state index in [9.17, 15) is 4.79 Å². The maximum atomic E-state index is 12.2. The average Bonchev–Trinajstić information content (AvgIpc) is 2.80. The topological polar surface area (TPSA) is 51.2 Å². The van der Waals surface area contributed by atoms with Crippen LogP contribution in [0.1, 0.15) is 45.4 Å². The van der Waals surface area contributed by atoms with Crippen LogP contribution in [-0.2, 0) is 4.79 Å². The van der Waals surface area contributed by atoms with E-state index in [2.05, 4.69) is 10.3 Å². The Balaban J connectivity index is 1.53. The Morgan fingerprint density at radius 3 is 2.88 bits per heavy atom. The molecule has 2 aromatic rings. The Bertz CT molecular complexity index is 679. The fraction of sp³-hybridized carbons (Fsp3) is 0.556. The van der Waals surface area contributed by atoms with Crippen LogP contribution in [0, 0.1) is 0 Å². The smallest absolute Gasteiger partial charge is 0.230 e. The molecule has 1 saturated carbocycles. The third kappa shape index (κ3) is 4.86. The lowest BCUT2D eigenvalue weighted by molar-refractivity contribution is -0.119. The maximum Gasteiger partial charge on any atom is 0.230 e. The van der Waals surface area contributed by atoms with Gasteiger partial charge in [-0.1, -0.05) is 37.4 Å². The molecule has 0 unspecified atom stereocenters. The van der Waals surface area contributed by atoms with Crippen molar-refractivity contribution < 1.29 is 9.53 Å². The van der Waals surface area contributed by atoms with E-state index >= 15 is 0 Å². The molecule has 0 radical (unpaired) electrons. The second kappa shape index (κ2) is 8.72. The Kier molecular flexibility index (Phi) is 6.37. The number of hydrogen-bond donors (Lipinski definition) is 1. The third-order valence-corrected chi connectivity index (χ3v) is 6.36. The van der Waals surface area contributed by atoms with Crippen LogP contribution in [-0.4, -0.2) is 29.3 Å². The molecule has 1 aromatic carbocycles. The van der Waals surface area contributed by atoms with E-state index in [0.717, 1.165) is 33.1 Å². The monoisotopic (exact) mass is 364 g/mol. The molecule has 24 heavy (non-hydrogen) atoms. The van der Waals surface area contributed by atoms with Crippen molar-refractivity contribution in [3.63, 3.8) is 0 Å². The number of carbonyl (C=O) groups excluding carboxylic acids is 1. The van der Waals surface area contributed by atoms with E-state index in [0.29, 0.717) is 18.4 Å². The number of ether oxygens (including phenoxy) is 1. The van der Waals surface area contributed by atoms with E-state index in [1.54, 1.807) is 11.3 Å². The molecule has 6 heteroatoms. The summed E-state index contributed by atoms with van der Waals surface area (Å²) in [6.45, 7) is 2.64. The molecule has 130 valence electrons. The molecule has 0 bridgehead atoms. The summed E-state index contributed by atoms with van der Waals surface area (Å²) in [5.41, 5.74) is 0.968. The van der Waals surface area contributed by atoms with Crippen molar-refractivity contribution in [1.82, 2.24) is 10.3 Å². The van der Waals surface area contributed by atoms with E-state index < -0.39 is 0 Å². The molecule has 1 heterocycles. The highest BCUT2D eigenvalue weighted by Gasteiger charge is 2.15. The number of rotatable bonds is 6. The first-order chi connectivity index (χ1) is 11.7. The minimum atomic E-state index is 0.126. The summed E-state index contributed by atoms with van der Waals surface area (Å²) < 4.78 is 7.57. The summed E-state index contributed by atoms with van der Waals surface area (Å²) in [6.07, 6.45) is 7.32. The highest BCUT2D eigenvalue weighted by Crippen LogP contribution is 2.31. The third-order valence-electron chi connectivity index (χ3n) is 4.20. The normalized spacial score (nSPS) is 16.0. The van der Waals surface area contributed by atoms with Gasteiger partial charge in [0.25, 0.3) is 0 Å². The summed E-state index contributed by atoms with van der Waals surface area (Å²) in [6, 6.07) is 6.31. The highest BCUT2D eigenvalue weighted by molar-refractivity contribution is 8.01. The Morgan fingerprint density at radius 2 is 2.12 bits per heavy atom. The molecule has 1 aliphatic carbocycles. The van der Waals surface area contributed by atoms with Gasteiger partial charge in [0, 0.05) is 6.04 Å². The van der Waals surface area contributed by atoms with Crippen LogP contribution in [0.5, 0.6) is 5.75 Å². The summed E-state index contributed by atoms with van der Waals surface area (Å²) in [5, 5.41) is 3.19. The molecule has 1 amide bonds. The van der Waals surface area contributed by atoms with Crippen LogP contribution in [0.2, 0.25) is 0 Å². The largest absolute Gasteiger partial charge is 0.494 e. The Morgan fingerprint density at radius 1 is 1.33 bits per heavy atom. The van der Waals surface area contributed by atoms with Gasteiger partial charge >= 0.3 is 0 Å². The zero-order valence-electron chi connectivity index (χ0n) is 14.0. The lowest BCUT2D eigenvalue weighted by Crippen LogP contribution is -2.35. The van der Waals surface area contributed by atoms with Crippen LogP contribution in [0.4, 0.5) is 0 Å². The number of nitrogens with one attached hydrogen (secondary N) is 1. The standard InChI is InChI=1S/C18H24N2O2S2/c1-2-22-14-9-10-15-16(11-14)24-18(20-15)23-12-17(21)19-13-7-5-3-4-6-8-13/h9-11,13H,2-8,12H2,1H3,(H,19,21). The van der Waals surface area contributed by atoms with Gasteiger partial charge in [-0.3, -0.25) is 4.79 Å². The van der Waals surface area contributed by atoms with Crippen molar-refractivity contribution >= 4 is 39.2 Å². The first-order valence-corrected chi connectivity index (χ1v) is 10.5. The molecule has 0 aliphatic heterocycles. The van der Waals surface area contributed by atoms with Gasteiger partial charge in [0.05, 0.1) is 22.6 Å². The van der Waals surface area contributed by atoms with E-state index in [4.69, 9.17) is 4.74 Å². The number of aromatic nitrogens is 1. The lowest BCUT2D eigenvalue weighted by atomic mass is 10.1. The number of thioether (sulfide) groups is 1. The van der Waals surface area contributed by atoms with Crippen molar-refractivity contribution in [2.75, 3.05) is 12.4 Å². The molecular weight excluding hydrogens is 340 g/mol. The molecule has 1 aliphatic rings. The minimum Gasteiger partial charge on any atom is -0.494 e. The highest BCUT2D eigenvalue weighted by atomic mass is 32.2. The zero-order valence-corrected chi connectivity index (χ0v) is 15.7. The summed E-state index contributed by atoms with van der Waals surface area (Å²) in [7, 11) is 0. The molecule has 3 rings (SSSR count). The summed E-state index contributed by atoms with van der Waals surface area (Å²) >= 11 is 3.14. The van der Waals surface area contributed by atoms with Crippen molar-refractivity contribution in [2.45, 2.75) is 55.8 Å². The van der Waals surface area contributed by atoms with Gasteiger partial charge in [-0.05, 0) is 38.0 Å². The van der Waals surface area contributed by atoms with Crippen molar-refractivity contribution in [1.29, 1.82) is 0 Å². The van der Waals surface area contributed by atoms with Gasteiger partial charge in [0.2, 0.25) is 5.91 Å². The quantitative estimate of drug-likeness (QED) is 0.600. The maximum absolute atomic E-state index is 12.2. The van der Waals surface area contributed by atoms with Gasteiger partial charge in [0.1, 0.15) is 5.75 Å².